The summed E-state index contributed by atoms with van der Waals surface area (Å²) in [6.45, 7) is 2.46. The number of nitrogens with one attached hydrogen (secondary N) is 1. The van der Waals surface area contributed by atoms with Gasteiger partial charge in [0.2, 0.25) is 0 Å². The number of hydrogen-bond donors (Lipinski definition) is 1. The Morgan fingerprint density at radius 2 is 1.74 bits per heavy atom. The van der Waals surface area contributed by atoms with Gasteiger partial charge in [-0.05, 0) is 66.1 Å². The van der Waals surface area contributed by atoms with Crippen molar-refractivity contribution in [3.05, 3.63) is 107 Å². The van der Waals surface area contributed by atoms with Crippen molar-refractivity contribution in [1.82, 2.24) is 9.47 Å². The second-order valence-electron chi connectivity index (χ2n) is 8.38. The van der Waals surface area contributed by atoms with Gasteiger partial charge in [0.05, 0.1) is 32.5 Å². The van der Waals surface area contributed by atoms with Crippen molar-refractivity contribution >= 4 is 11.7 Å². The number of aryl methyl sites for hydroxylation is 1. The van der Waals surface area contributed by atoms with Crippen molar-refractivity contribution in [3.63, 3.8) is 0 Å². The Kier molecular flexibility index (Phi) is 5.72. The van der Waals surface area contributed by atoms with Gasteiger partial charge in [-0.1, -0.05) is 36.4 Å². The number of benzene rings is 3. The maximum absolute atomic E-state index is 13.8. The van der Waals surface area contributed by atoms with Crippen molar-refractivity contribution in [3.8, 4) is 17.2 Å². The van der Waals surface area contributed by atoms with E-state index in [0.717, 1.165) is 33.8 Å². The Hall–Kier alpha value is -4.19. The number of aromatic nitrogens is 1. The Morgan fingerprint density at radius 3 is 2.53 bits per heavy atom. The van der Waals surface area contributed by atoms with E-state index in [-0.39, 0.29) is 12.1 Å². The van der Waals surface area contributed by atoms with Crippen LogP contribution >= 0.6 is 0 Å². The van der Waals surface area contributed by atoms with Crippen LogP contribution < -0.4 is 14.8 Å². The minimum absolute atomic E-state index is 0.171. The van der Waals surface area contributed by atoms with Gasteiger partial charge in [0.1, 0.15) is 0 Å². The zero-order valence-corrected chi connectivity index (χ0v) is 19.5. The summed E-state index contributed by atoms with van der Waals surface area (Å²) in [6.07, 6.45) is 2.05. The van der Waals surface area contributed by atoms with Crippen molar-refractivity contribution < 1.29 is 14.3 Å². The van der Waals surface area contributed by atoms with Crippen LogP contribution in [0.1, 0.15) is 28.4 Å². The summed E-state index contributed by atoms with van der Waals surface area (Å²) in [5, 5.41) is 3.11. The lowest BCUT2D eigenvalue weighted by molar-refractivity contribution is 0.194. The van der Waals surface area contributed by atoms with Crippen molar-refractivity contribution in [2.45, 2.75) is 19.5 Å². The summed E-state index contributed by atoms with van der Waals surface area (Å²) in [5.74, 6) is 1.27. The van der Waals surface area contributed by atoms with Gasteiger partial charge < -0.3 is 24.3 Å². The Balaban J connectivity index is 1.65. The van der Waals surface area contributed by atoms with Gasteiger partial charge in [-0.2, -0.15) is 0 Å². The molecular formula is C28H27N3O3. The highest BCUT2D eigenvalue weighted by Crippen LogP contribution is 2.39. The molecule has 4 aromatic rings. The van der Waals surface area contributed by atoms with E-state index in [2.05, 4.69) is 28.1 Å². The van der Waals surface area contributed by atoms with Crippen LogP contribution in [-0.4, -0.2) is 29.7 Å². The third kappa shape index (κ3) is 3.88. The third-order valence-corrected chi connectivity index (χ3v) is 6.22. The van der Waals surface area contributed by atoms with Crippen LogP contribution in [0.3, 0.4) is 0 Å². The molecule has 2 heterocycles. The maximum atomic E-state index is 13.8. The van der Waals surface area contributed by atoms with Crippen LogP contribution in [0, 0.1) is 6.92 Å². The molecule has 0 aliphatic carbocycles. The predicted molar refractivity (Wildman–Crippen MR) is 133 cm³/mol. The van der Waals surface area contributed by atoms with Gasteiger partial charge in [-0.3, -0.25) is 0 Å². The van der Waals surface area contributed by atoms with Crippen LogP contribution in [0.25, 0.3) is 5.69 Å². The lowest BCUT2D eigenvalue weighted by Crippen LogP contribution is -2.38. The average molecular weight is 454 g/mol. The van der Waals surface area contributed by atoms with E-state index in [4.69, 9.17) is 9.47 Å². The van der Waals surface area contributed by atoms with E-state index in [1.54, 1.807) is 14.2 Å². The molecular weight excluding hydrogens is 426 g/mol. The molecule has 1 aliphatic rings. The van der Waals surface area contributed by atoms with Gasteiger partial charge in [-0.25, -0.2) is 4.79 Å². The van der Waals surface area contributed by atoms with Crippen LogP contribution in [0.2, 0.25) is 0 Å². The Labute approximate surface area is 199 Å². The number of methoxy groups -OCH3 is 2. The minimum atomic E-state index is -0.341. The number of para-hydroxylation sites is 1. The number of urea groups is 1. The smallest absolute Gasteiger partial charge is 0.322 e. The second-order valence-corrected chi connectivity index (χ2v) is 8.38. The van der Waals surface area contributed by atoms with Crippen molar-refractivity contribution in [1.29, 1.82) is 0 Å². The molecule has 34 heavy (non-hydrogen) atoms. The molecule has 1 aliphatic heterocycles. The Morgan fingerprint density at radius 1 is 0.912 bits per heavy atom. The number of amides is 2. The summed E-state index contributed by atoms with van der Waals surface area (Å²) in [7, 11) is 3.24. The van der Waals surface area contributed by atoms with Crippen molar-refractivity contribution in [2.24, 2.45) is 0 Å². The molecule has 3 aromatic carbocycles. The first kappa shape index (κ1) is 21.6. The zero-order chi connectivity index (χ0) is 23.7. The SMILES string of the molecule is COc1ccc([C@H]2c3cccn3-c3ccccc3CN2C(=O)Nc2cccc(C)c2)cc1OC. The molecule has 2 amide bonds. The Bertz CT molecular complexity index is 1340. The molecule has 1 aromatic heterocycles. The normalized spacial score (nSPS) is 14.6. The first-order chi connectivity index (χ1) is 16.6. The standard InChI is InChI=1S/C28H27N3O3/c1-19-8-6-10-22(16-19)29-28(32)31-18-21-9-4-5-11-23(21)30-15-7-12-24(30)27(31)20-13-14-25(33-2)26(17-20)34-3/h4-17,27H,18H2,1-3H3,(H,29,32)/t27-/m0/s1. The fraction of sp³-hybridized carbons (Fsp3) is 0.179. The number of carbonyl (C=O) groups is 1. The highest BCUT2D eigenvalue weighted by Gasteiger charge is 2.33. The fourth-order valence-corrected chi connectivity index (χ4v) is 4.63. The quantitative estimate of drug-likeness (QED) is 0.416. The van der Waals surface area contributed by atoms with Gasteiger partial charge in [-0.15, -0.1) is 0 Å². The van der Waals surface area contributed by atoms with Crippen molar-refractivity contribution in [2.75, 3.05) is 19.5 Å². The molecule has 0 saturated carbocycles. The molecule has 1 N–H and O–H groups in total. The minimum Gasteiger partial charge on any atom is -0.493 e. The number of anilines is 1. The molecule has 0 unspecified atom stereocenters. The highest BCUT2D eigenvalue weighted by molar-refractivity contribution is 5.90. The van der Waals surface area contributed by atoms with Crippen LogP contribution in [-0.2, 0) is 6.54 Å². The molecule has 6 heteroatoms. The molecule has 0 radical (unpaired) electrons. The van der Waals surface area contributed by atoms with Crippen LogP contribution in [0.5, 0.6) is 11.5 Å². The van der Waals surface area contributed by atoms with E-state index in [1.807, 2.05) is 78.7 Å². The first-order valence-corrected chi connectivity index (χ1v) is 11.2. The fourth-order valence-electron chi connectivity index (χ4n) is 4.63. The number of nitrogens with zero attached hydrogens (tertiary/aromatic N) is 2. The molecule has 0 spiro atoms. The largest absolute Gasteiger partial charge is 0.493 e. The average Bonchev–Trinajstić information content (AvgIpc) is 3.28. The van der Waals surface area contributed by atoms with E-state index in [1.165, 1.54) is 0 Å². The number of fused-ring (bicyclic) bond motifs is 3. The summed E-state index contributed by atoms with van der Waals surface area (Å²) in [5.41, 5.74) is 5.93. The van der Waals surface area contributed by atoms with E-state index < -0.39 is 0 Å². The molecule has 1 atom stereocenters. The maximum Gasteiger partial charge on any atom is 0.322 e. The molecule has 0 fully saturated rings. The first-order valence-electron chi connectivity index (χ1n) is 11.2. The molecule has 0 saturated heterocycles. The van der Waals surface area contributed by atoms with E-state index in [0.29, 0.717) is 18.0 Å². The topological polar surface area (TPSA) is 55.7 Å². The predicted octanol–water partition coefficient (Wildman–Crippen LogP) is 5.94. The number of rotatable bonds is 4. The molecule has 5 rings (SSSR count). The van der Waals surface area contributed by atoms with Gasteiger partial charge >= 0.3 is 6.03 Å². The third-order valence-electron chi connectivity index (χ3n) is 6.22. The van der Waals surface area contributed by atoms with E-state index in [9.17, 15) is 4.79 Å². The second kappa shape index (κ2) is 8.98. The number of hydrogen-bond acceptors (Lipinski definition) is 3. The number of ether oxygens (including phenoxy) is 2. The summed E-state index contributed by atoms with van der Waals surface area (Å²) < 4.78 is 13.2. The van der Waals surface area contributed by atoms with Gasteiger partial charge in [0, 0.05) is 17.6 Å². The summed E-state index contributed by atoms with van der Waals surface area (Å²) in [6, 6.07) is 25.4. The van der Waals surface area contributed by atoms with Crippen LogP contribution in [0.15, 0.2) is 85.1 Å². The molecule has 0 bridgehead atoms. The highest BCUT2D eigenvalue weighted by atomic mass is 16.5. The lowest BCUT2D eigenvalue weighted by Gasteiger charge is -2.31. The lowest BCUT2D eigenvalue weighted by atomic mass is 10.0. The van der Waals surface area contributed by atoms with Gasteiger partial charge in [0.25, 0.3) is 0 Å². The summed E-state index contributed by atoms with van der Waals surface area (Å²) in [4.78, 5) is 15.7. The zero-order valence-electron chi connectivity index (χ0n) is 19.5. The molecule has 172 valence electrons. The number of carbonyl (C=O) groups excluding carboxylic acids is 1. The monoisotopic (exact) mass is 453 g/mol. The summed E-state index contributed by atoms with van der Waals surface area (Å²) >= 11 is 0. The van der Waals surface area contributed by atoms with Crippen LogP contribution in [0.4, 0.5) is 10.5 Å². The van der Waals surface area contributed by atoms with E-state index >= 15 is 0 Å². The van der Waals surface area contributed by atoms with Gasteiger partial charge in [0.15, 0.2) is 11.5 Å². The molecule has 6 nitrogen and oxygen atoms in total.